The summed E-state index contributed by atoms with van der Waals surface area (Å²) in [5.41, 5.74) is 1.46. The minimum absolute atomic E-state index is 0.275. The van der Waals surface area contributed by atoms with Gasteiger partial charge in [-0.2, -0.15) is 0 Å². The lowest BCUT2D eigenvalue weighted by Crippen LogP contribution is -2.36. The number of pyridine rings is 1. The molecule has 0 aliphatic carbocycles. The maximum Gasteiger partial charge on any atom is 0.414 e. The Morgan fingerprint density at radius 1 is 1.25 bits per heavy atom. The van der Waals surface area contributed by atoms with Crippen LogP contribution in [0.5, 0.6) is 0 Å². The fourth-order valence-electron chi connectivity index (χ4n) is 2.19. The van der Waals surface area contributed by atoms with Gasteiger partial charge in [-0.1, -0.05) is 6.08 Å². The average Bonchev–Trinajstić information content (AvgIpc) is 2.63. The van der Waals surface area contributed by atoms with E-state index in [4.69, 9.17) is 4.74 Å². The van der Waals surface area contributed by atoms with Crippen LogP contribution in [0.15, 0.2) is 30.6 Å². The Morgan fingerprint density at radius 3 is 2.60 bits per heavy atom. The van der Waals surface area contributed by atoms with Crippen molar-refractivity contribution in [3.05, 3.63) is 36.2 Å². The molecule has 0 N–H and O–H groups in total. The number of rotatable bonds is 1. The Kier molecular flexibility index (Phi) is 4.42. The van der Waals surface area contributed by atoms with E-state index in [1.807, 2.05) is 32.9 Å². The number of hydrogen-bond donors (Lipinski definition) is 0. The summed E-state index contributed by atoms with van der Waals surface area (Å²) in [4.78, 5) is 18.2. The first-order valence-corrected chi connectivity index (χ1v) is 7.08. The maximum absolute atomic E-state index is 12.4. The molecule has 1 aliphatic rings. The molecule has 20 heavy (non-hydrogen) atoms. The fourth-order valence-corrected chi connectivity index (χ4v) is 2.19. The Bertz CT molecular complexity index is 489. The van der Waals surface area contributed by atoms with Gasteiger partial charge in [-0.25, -0.2) is 4.79 Å². The van der Waals surface area contributed by atoms with Gasteiger partial charge in [-0.05, 0) is 52.2 Å². The first-order valence-electron chi connectivity index (χ1n) is 7.08. The average molecular weight is 274 g/mol. The summed E-state index contributed by atoms with van der Waals surface area (Å²) >= 11 is 0. The second kappa shape index (κ2) is 6.07. The summed E-state index contributed by atoms with van der Waals surface area (Å²) in [5, 5.41) is 0. The largest absolute Gasteiger partial charge is 0.443 e. The van der Waals surface area contributed by atoms with E-state index in [0.29, 0.717) is 6.54 Å². The molecule has 1 aromatic heterocycles. The molecule has 0 unspecified atom stereocenters. The van der Waals surface area contributed by atoms with Crippen molar-refractivity contribution < 1.29 is 9.53 Å². The summed E-state index contributed by atoms with van der Waals surface area (Å²) in [7, 11) is 0. The van der Waals surface area contributed by atoms with Gasteiger partial charge in [0.25, 0.3) is 0 Å². The third-order valence-electron chi connectivity index (χ3n) is 3.05. The lowest BCUT2D eigenvalue weighted by molar-refractivity contribution is 0.0354. The summed E-state index contributed by atoms with van der Waals surface area (Å²) in [6.07, 6.45) is 8.40. The standard InChI is InChI=1S/C16H22N2O2/c1-16(2,3)20-15(19)18-12-6-4-5-7-14(18)13-8-10-17-11-9-13/h7-11H,4-6,12H2,1-3H3. The summed E-state index contributed by atoms with van der Waals surface area (Å²) in [5.74, 6) is 0. The van der Waals surface area contributed by atoms with E-state index in [2.05, 4.69) is 11.1 Å². The molecular weight excluding hydrogens is 252 g/mol. The van der Waals surface area contributed by atoms with Crippen molar-refractivity contribution in [2.75, 3.05) is 6.54 Å². The quantitative estimate of drug-likeness (QED) is 0.781. The van der Waals surface area contributed by atoms with Gasteiger partial charge >= 0.3 is 6.09 Å². The molecule has 4 heteroatoms. The van der Waals surface area contributed by atoms with Crippen molar-refractivity contribution in [2.45, 2.75) is 45.6 Å². The zero-order valence-electron chi connectivity index (χ0n) is 12.4. The summed E-state index contributed by atoms with van der Waals surface area (Å²) in [6.45, 7) is 6.36. The van der Waals surface area contributed by atoms with E-state index in [1.54, 1.807) is 17.3 Å². The first-order chi connectivity index (χ1) is 9.47. The van der Waals surface area contributed by atoms with Crippen LogP contribution in [0.2, 0.25) is 0 Å². The topological polar surface area (TPSA) is 42.4 Å². The molecule has 0 spiro atoms. The third-order valence-corrected chi connectivity index (χ3v) is 3.05. The second-order valence-electron chi connectivity index (χ2n) is 5.95. The lowest BCUT2D eigenvalue weighted by atomic mass is 10.1. The monoisotopic (exact) mass is 274 g/mol. The van der Waals surface area contributed by atoms with Crippen molar-refractivity contribution in [1.29, 1.82) is 0 Å². The van der Waals surface area contributed by atoms with Crippen molar-refractivity contribution in [3.8, 4) is 0 Å². The molecule has 108 valence electrons. The fraction of sp³-hybridized carbons (Fsp3) is 0.500. The van der Waals surface area contributed by atoms with Crippen LogP contribution in [0.1, 0.15) is 45.6 Å². The normalized spacial score (nSPS) is 16.4. The first kappa shape index (κ1) is 14.6. The van der Waals surface area contributed by atoms with E-state index < -0.39 is 5.60 Å². The van der Waals surface area contributed by atoms with Gasteiger partial charge in [0, 0.05) is 24.5 Å². The number of allylic oxidation sites excluding steroid dienone is 1. The van der Waals surface area contributed by atoms with E-state index in [9.17, 15) is 4.79 Å². The molecule has 4 nitrogen and oxygen atoms in total. The Morgan fingerprint density at radius 2 is 1.95 bits per heavy atom. The zero-order valence-corrected chi connectivity index (χ0v) is 12.4. The SMILES string of the molecule is CC(C)(C)OC(=O)N1CCCCC=C1c1ccncc1. The van der Waals surface area contributed by atoms with Crippen LogP contribution in [-0.2, 0) is 4.74 Å². The highest BCUT2D eigenvalue weighted by Crippen LogP contribution is 2.25. The van der Waals surface area contributed by atoms with E-state index >= 15 is 0 Å². The van der Waals surface area contributed by atoms with Gasteiger partial charge in [0.15, 0.2) is 0 Å². The Balaban J connectivity index is 2.26. The number of aromatic nitrogens is 1. The molecular formula is C16H22N2O2. The zero-order chi connectivity index (χ0) is 14.6. The van der Waals surface area contributed by atoms with Crippen molar-refractivity contribution in [1.82, 2.24) is 9.88 Å². The van der Waals surface area contributed by atoms with Gasteiger partial charge in [-0.3, -0.25) is 9.88 Å². The predicted molar refractivity (Wildman–Crippen MR) is 79.0 cm³/mol. The number of amides is 1. The predicted octanol–water partition coefficient (Wildman–Crippen LogP) is 3.84. The highest BCUT2D eigenvalue weighted by molar-refractivity contribution is 5.82. The summed E-state index contributed by atoms with van der Waals surface area (Å²) in [6, 6.07) is 3.85. The minimum atomic E-state index is -0.479. The van der Waals surface area contributed by atoms with Crippen LogP contribution in [-0.4, -0.2) is 28.1 Å². The molecule has 1 amide bonds. The van der Waals surface area contributed by atoms with Crippen LogP contribution in [0.25, 0.3) is 5.70 Å². The number of ether oxygens (including phenoxy) is 1. The van der Waals surface area contributed by atoms with Crippen LogP contribution >= 0.6 is 0 Å². The molecule has 2 heterocycles. The molecule has 2 rings (SSSR count). The number of nitrogens with zero attached hydrogens (tertiary/aromatic N) is 2. The van der Waals surface area contributed by atoms with Crippen molar-refractivity contribution >= 4 is 11.8 Å². The molecule has 0 aromatic carbocycles. The van der Waals surface area contributed by atoms with Crippen LogP contribution in [0, 0.1) is 0 Å². The van der Waals surface area contributed by atoms with Crippen LogP contribution in [0.3, 0.4) is 0 Å². The number of hydrogen-bond acceptors (Lipinski definition) is 3. The second-order valence-corrected chi connectivity index (χ2v) is 5.95. The highest BCUT2D eigenvalue weighted by atomic mass is 16.6. The minimum Gasteiger partial charge on any atom is -0.443 e. The molecule has 1 aromatic rings. The Hall–Kier alpha value is -1.84. The Labute approximate surface area is 120 Å². The van der Waals surface area contributed by atoms with Gasteiger partial charge in [-0.15, -0.1) is 0 Å². The van der Waals surface area contributed by atoms with Crippen LogP contribution < -0.4 is 0 Å². The molecule has 0 saturated heterocycles. The third kappa shape index (κ3) is 3.83. The molecule has 0 radical (unpaired) electrons. The van der Waals surface area contributed by atoms with E-state index in [1.165, 1.54) is 0 Å². The summed E-state index contributed by atoms with van der Waals surface area (Å²) < 4.78 is 5.52. The number of carbonyl (C=O) groups excluding carboxylic acids is 1. The highest BCUT2D eigenvalue weighted by Gasteiger charge is 2.26. The van der Waals surface area contributed by atoms with E-state index in [-0.39, 0.29) is 6.09 Å². The van der Waals surface area contributed by atoms with Gasteiger partial charge in [0.05, 0.1) is 5.70 Å². The van der Waals surface area contributed by atoms with Gasteiger partial charge in [0.1, 0.15) is 5.60 Å². The molecule has 0 fully saturated rings. The molecule has 0 bridgehead atoms. The van der Waals surface area contributed by atoms with Gasteiger partial charge < -0.3 is 4.74 Å². The van der Waals surface area contributed by atoms with Crippen molar-refractivity contribution in [3.63, 3.8) is 0 Å². The molecule has 0 atom stereocenters. The van der Waals surface area contributed by atoms with Crippen molar-refractivity contribution in [2.24, 2.45) is 0 Å². The van der Waals surface area contributed by atoms with Crippen LogP contribution in [0.4, 0.5) is 4.79 Å². The molecule has 0 saturated carbocycles. The number of carbonyl (C=O) groups is 1. The smallest absolute Gasteiger partial charge is 0.414 e. The molecule has 1 aliphatic heterocycles. The lowest BCUT2D eigenvalue weighted by Gasteiger charge is -2.28. The van der Waals surface area contributed by atoms with Gasteiger partial charge in [0.2, 0.25) is 0 Å². The van der Waals surface area contributed by atoms with E-state index in [0.717, 1.165) is 30.5 Å². The maximum atomic E-state index is 12.4.